The Hall–Kier alpha value is -1.18. The third-order valence-corrected chi connectivity index (χ3v) is 5.29. The minimum Gasteiger partial charge on any atom is -0.370 e. The first-order valence-electron chi connectivity index (χ1n) is 6.92. The van der Waals surface area contributed by atoms with Crippen LogP contribution in [0.4, 0.5) is 5.82 Å². The minimum absolute atomic E-state index is 0.267. The molecular weight excluding hydrogens is 276 g/mol. The zero-order valence-corrected chi connectivity index (χ0v) is 12.9. The molecule has 1 aliphatic rings. The van der Waals surface area contributed by atoms with Crippen LogP contribution in [0.1, 0.15) is 13.3 Å². The van der Waals surface area contributed by atoms with E-state index < -0.39 is 10.0 Å². The van der Waals surface area contributed by atoms with Gasteiger partial charge < -0.3 is 10.2 Å². The van der Waals surface area contributed by atoms with Crippen LogP contribution in [0, 0.1) is 0 Å². The maximum atomic E-state index is 12.6. The summed E-state index contributed by atoms with van der Waals surface area (Å²) in [5.41, 5.74) is 0. The van der Waals surface area contributed by atoms with Gasteiger partial charge in [0.2, 0.25) is 10.0 Å². The molecule has 1 N–H and O–H groups in total. The molecule has 0 radical (unpaired) electrons. The van der Waals surface area contributed by atoms with Crippen LogP contribution in [-0.4, -0.2) is 62.4 Å². The van der Waals surface area contributed by atoms with E-state index in [0.717, 1.165) is 26.1 Å². The zero-order valence-electron chi connectivity index (χ0n) is 12.0. The van der Waals surface area contributed by atoms with Gasteiger partial charge in [-0.25, -0.2) is 13.4 Å². The lowest BCUT2D eigenvalue weighted by atomic mass is 10.4. The summed E-state index contributed by atoms with van der Waals surface area (Å²) >= 11 is 0. The number of aromatic nitrogens is 1. The molecule has 0 aliphatic carbocycles. The number of nitrogens with one attached hydrogen (secondary N) is 1. The maximum absolute atomic E-state index is 12.6. The van der Waals surface area contributed by atoms with Crippen molar-refractivity contribution >= 4 is 15.8 Å². The molecule has 0 saturated carbocycles. The fraction of sp³-hybridized carbons (Fsp3) is 0.615. The smallest absolute Gasteiger partial charge is 0.244 e. The molecule has 1 aromatic rings. The molecule has 6 nitrogen and oxygen atoms in total. The summed E-state index contributed by atoms with van der Waals surface area (Å²) in [6.45, 7) is 5.54. The second-order valence-corrected chi connectivity index (χ2v) is 6.91. The molecule has 20 heavy (non-hydrogen) atoms. The van der Waals surface area contributed by atoms with E-state index in [4.69, 9.17) is 0 Å². The number of nitrogens with zero attached hydrogens (tertiary/aromatic N) is 3. The first kappa shape index (κ1) is 15.2. The Morgan fingerprint density at radius 3 is 2.70 bits per heavy atom. The number of hydrogen-bond acceptors (Lipinski definition) is 5. The van der Waals surface area contributed by atoms with E-state index >= 15 is 0 Å². The van der Waals surface area contributed by atoms with E-state index in [-0.39, 0.29) is 4.90 Å². The highest BCUT2D eigenvalue weighted by Crippen LogP contribution is 2.18. The molecular formula is C13H22N4O2S. The number of sulfonamides is 1. The van der Waals surface area contributed by atoms with E-state index in [1.165, 1.54) is 6.20 Å². The standard InChI is InChI=1S/C13H22N4O2S/c1-3-14-13-6-5-12(11-15-13)20(18,19)17-8-4-7-16(2)9-10-17/h5-6,11H,3-4,7-10H2,1-2H3,(H,14,15). The van der Waals surface area contributed by atoms with Crippen molar-refractivity contribution in [2.75, 3.05) is 45.1 Å². The van der Waals surface area contributed by atoms with E-state index in [1.54, 1.807) is 16.4 Å². The predicted octanol–water partition coefficient (Wildman–Crippen LogP) is 0.840. The lowest BCUT2D eigenvalue weighted by Gasteiger charge is -2.20. The number of rotatable bonds is 4. The molecule has 2 rings (SSSR count). The molecule has 112 valence electrons. The molecule has 1 aliphatic heterocycles. The minimum atomic E-state index is -3.42. The van der Waals surface area contributed by atoms with Crippen LogP contribution >= 0.6 is 0 Å². The van der Waals surface area contributed by atoms with Gasteiger partial charge in [-0.05, 0) is 39.1 Å². The van der Waals surface area contributed by atoms with Crippen molar-refractivity contribution in [3.8, 4) is 0 Å². The van der Waals surface area contributed by atoms with Crippen LogP contribution in [0.5, 0.6) is 0 Å². The molecule has 0 atom stereocenters. The SMILES string of the molecule is CCNc1ccc(S(=O)(=O)N2CCCN(C)CC2)cn1. The average molecular weight is 298 g/mol. The van der Waals surface area contributed by atoms with E-state index in [1.807, 2.05) is 14.0 Å². The van der Waals surface area contributed by atoms with Gasteiger partial charge in [0.1, 0.15) is 10.7 Å². The number of pyridine rings is 1. The first-order valence-corrected chi connectivity index (χ1v) is 8.36. The Labute approximate surface area is 120 Å². The molecule has 1 aromatic heterocycles. The van der Waals surface area contributed by atoms with E-state index in [2.05, 4.69) is 15.2 Å². The summed E-state index contributed by atoms with van der Waals surface area (Å²) in [6.07, 6.45) is 2.29. The third kappa shape index (κ3) is 3.47. The Bertz CT molecular complexity index is 530. The molecule has 0 unspecified atom stereocenters. The number of hydrogen-bond donors (Lipinski definition) is 1. The van der Waals surface area contributed by atoms with Crippen LogP contribution < -0.4 is 5.32 Å². The molecule has 0 spiro atoms. The summed E-state index contributed by atoms with van der Waals surface area (Å²) < 4.78 is 26.7. The average Bonchev–Trinajstić information content (AvgIpc) is 2.65. The molecule has 7 heteroatoms. The highest BCUT2D eigenvalue weighted by molar-refractivity contribution is 7.89. The van der Waals surface area contributed by atoms with Gasteiger partial charge in [0.05, 0.1) is 0 Å². The van der Waals surface area contributed by atoms with Gasteiger partial charge in [-0.1, -0.05) is 0 Å². The van der Waals surface area contributed by atoms with E-state index in [0.29, 0.717) is 18.9 Å². The largest absolute Gasteiger partial charge is 0.370 e. The summed E-state index contributed by atoms with van der Waals surface area (Å²) in [4.78, 5) is 6.56. The summed E-state index contributed by atoms with van der Waals surface area (Å²) in [5.74, 6) is 0.696. The molecule has 0 bridgehead atoms. The zero-order chi connectivity index (χ0) is 14.6. The van der Waals surface area contributed by atoms with Crippen molar-refractivity contribution in [3.63, 3.8) is 0 Å². The van der Waals surface area contributed by atoms with Crippen molar-refractivity contribution in [1.82, 2.24) is 14.2 Å². The van der Waals surface area contributed by atoms with Gasteiger partial charge >= 0.3 is 0 Å². The quantitative estimate of drug-likeness (QED) is 0.892. The molecule has 0 amide bonds. The second-order valence-electron chi connectivity index (χ2n) is 4.97. The van der Waals surface area contributed by atoms with Crippen molar-refractivity contribution in [2.45, 2.75) is 18.2 Å². The van der Waals surface area contributed by atoms with Gasteiger partial charge in [0.15, 0.2) is 0 Å². The van der Waals surface area contributed by atoms with Crippen LogP contribution in [0.2, 0.25) is 0 Å². The topological polar surface area (TPSA) is 65.5 Å². The van der Waals surface area contributed by atoms with Gasteiger partial charge in [0.25, 0.3) is 0 Å². The molecule has 0 aromatic carbocycles. The highest BCUT2D eigenvalue weighted by Gasteiger charge is 2.26. The molecule has 2 heterocycles. The Balaban J connectivity index is 2.16. The Morgan fingerprint density at radius 1 is 1.25 bits per heavy atom. The van der Waals surface area contributed by atoms with Crippen molar-refractivity contribution in [3.05, 3.63) is 18.3 Å². The molecule has 1 fully saturated rings. The highest BCUT2D eigenvalue weighted by atomic mass is 32.2. The molecule has 1 saturated heterocycles. The van der Waals surface area contributed by atoms with Crippen LogP contribution in [0.3, 0.4) is 0 Å². The van der Waals surface area contributed by atoms with E-state index in [9.17, 15) is 8.42 Å². The monoisotopic (exact) mass is 298 g/mol. The van der Waals surface area contributed by atoms with Crippen LogP contribution in [-0.2, 0) is 10.0 Å². The number of likely N-dealkylation sites (N-methyl/N-ethyl adjacent to an activating group) is 1. The normalized spacial score (nSPS) is 18.7. The van der Waals surface area contributed by atoms with Crippen molar-refractivity contribution in [1.29, 1.82) is 0 Å². The summed E-state index contributed by atoms with van der Waals surface area (Å²) in [7, 11) is -1.41. The summed E-state index contributed by atoms with van der Waals surface area (Å²) in [5, 5.41) is 3.06. The van der Waals surface area contributed by atoms with Gasteiger partial charge in [-0.2, -0.15) is 4.31 Å². The van der Waals surface area contributed by atoms with Gasteiger partial charge in [-0.3, -0.25) is 0 Å². The fourth-order valence-electron chi connectivity index (χ4n) is 2.23. The predicted molar refractivity (Wildman–Crippen MR) is 79.3 cm³/mol. The van der Waals surface area contributed by atoms with Crippen molar-refractivity contribution < 1.29 is 8.42 Å². The lowest BCUT2D eigenvalue weighted by molar-refractivity contribution is 0.347. The Morgan fingerprint density at radius 2 is 2.05 bits per heavy atom. The summed E-state index contributed by atoms with van der Waals surface area (Å²) in [6, 6.07) is 3.33. The van der Waals surface area contributed by atoms with Crippen LogP contribution in [0.15, 0.2) is 23.2 Å². The van der Waals surface area contributed by atoms with Crippen LogP contribution in [0.25, 0.3) is 0 Å². The van der Waals surface area contributed by atoms with Gasteiger partial charge in [-0.15, -0.1) is 0 Å². The number of anilines is 1. The maximum Gasteiger partial charge on any atom is 0.244 e. The Kier molecular flexibility index (Phi) is 4.95. The van der Waals surface area contributed by atoms with Gasteiger partial charge in [0, 0.05) is 32.4 Å². The lowest BCUT2D eigenvalue weighted by Crippen LogP contribution is -2.34. The third-order valence-electron chi connectivity index (χ3n) is 3.41. The first-order chi connectivity index (χ1) is 9.54. The second kappa shape index (κ2) is 6.51. The fourth-order valence-corrected chi connectivity index (χ4v) is 3.65. The van der Waals surface area contributed by atoms with Crippen molar-refractivity contribution in [2.24, 2.45) is 0 Å².